The fourth-order valence-electron chi connectivity index (χ4n) is 2.53. The fourth-order valence-corrected chi connectivity index (χ4v) is 3.01. The minimum absolute atomic E-state index is 0.128. The summed E-state index contributed by atoms with van der Waals surface area (Å²) in [5.74, 6) is 0.838. The Hall–Kier alpha value is -0.950. The summed E-state index contributed by atoms with van der Waals surface area (Å²) in [4.78, 5) is 4.35. The summed E-state index contributed by atoms with van der Waals surface area (Å²) in [5, 5.41) is 6.46. The van der Waals surface area contributed by atoms with Gasteiger partial charge in [0.15, 0.2) is 15.7 Å². The van der Waals surface area contributed by atoms with Crippen LogP contribution in [0.1, 0.15) is 50.1 Å². The van der Waals surface area contributed by atoms with Gasteiger partial charge in [0.1, 0.15) is 5.25 Å². The Kier molecular flexibility index (Phi) is 3.96. The van der Waals surface area contributed by atoms with Gasteiger partial charge in [0.25, 0.3) is 0 Å². The average Bonchev–Trinajstić information content (AvgIpc) is 2.95. The first-order chi connectivity index (χ1) is 8.89. The van der Waals surface area contributed by atoms with Crippen LogP contribution in [0.4, 0.5) is 0 Å². The van der Waals surface area contributed by atoms with Gasteiger partial charge in [-0.2, -0.15) is 4.98 Å². The highest BCUT2D eigenvalue weighted by Crippen LogP contribution is 2.35. The van der Waals surface area contributed by atoms with Crippen molar-refractivity contribution in [2.24, 2.45) is 0 Å². The second-order valence-corrected chi connectivity index (χ2v) is 7.75. The third-order valence-corrected chi connectivity index (χ3v) is 5.37. The molecule has 1 N–H and O–H groups in total. The van der Waals surface area contributed by atoms with Crippen LogP contribution in [0.3, 0.4) is 0 Å². The lowest BCUT2D eigenvalue weighted by atomic mass is 9.82. The van der Waals surface area contributed by atoms with Crippen LogP contribution in [-0.4, -0.2) is 37.9 Å². The lowest BCUT2D eigenvalue weighted by Gasteiger charge is -2.22. The van der Waals surface area contributed by atoms with Gasteiger partial charge in [-0.05, 0) is 26.3 Å². The largest absolute Gasteiger partial charge is 0.339 e. The molecule has 2 atom stereocenters. The maximum absolute atomic E-state index is 11.5. The smallest absolute Gasteiger partial charge is 0.234 e. The molecule has 2 heterocycles. The summed E-state index contributed by atoms with van der Waals surface area (Å²) >= 11 is 0. The third kappa shape index (κ3) is 2.81. The second-order valence-electron chi connectivity index (χ2n) is 5.39. The minimum atomic E-state index is -3.20. The summed E-state index contributed by atoms with van der Waals surface area (Å²) in [6, 6.07) is 0. The number of hydrogen-bond acceptors (Lipinski definition) is 6. The molecule has 1 aliphatic heterocycles. The van der Waals surface area contributed by atoms with Gasteiger partial charge in [-0.3, -0.25) is 0 Å². The van der Waals surface area contributed by atoms with E-state index in [1.807, 2.05) is 0 Å². The molecule has 0 saturated carbocycles. The number of nitrogens with one attached hydrogen (secondary N) is 1. The van der Waals surface area contributed by atoms with Gasteiger partial charge in [0.05, 0.1) is 5.41 Å². The molecular formula is C12H21N3O3S. The van der Waals surface area contributed by atoms with Crippen molar-refractivity contribution < 1.29 is 12.9 Å². The highest BCUT2D eigenvalue weighted by molar-refractivity contribution is 7.90. The SMILES string of the molecule is CCCC1(c2nc(C(C)S(C)(=O)=O)no2)CCNC1. The summed E-state index contributed by atoms with van der Waals surface area (Å²) in [6.07, 6.45) is 4.14. The van der Waals surface area contributed by atoms with Crippen LogP contribution in [0.25, 0.3) is 0 Å². The van der Waals surface area contributed by atoms with Crippen LogP contribution in [-0.2, 0) is 15.3 Å². The van der Waals surface area contributed by atoms with E-state index < -0.39 is 15.1 Å². The zero-order valence-electron chi connectivity index (χ0n) is 11.6. The Morgan fingerprint density at radius 3 is 2.79 bits per heavy atom. The van der Waals surface area contributed by atoms with E-state index in [1.54, 1.807) is 6.92 Å². The Bertz CT molecular complexity index is 532. The Balaban J connectivity index is 2.29. The molecule has 1 aromatic rings. The number of nitrogens with zero attached hydrogens (tertiary/aromatic N) is 2. The molecule has 1 saturated heterocycles. The molecule has 7 heteroatoms. The van der Waals surface area contributed by atoms with Gasteiger partial charge < -0.3 is 9.84 Å². The summed E-state index contributed by atoms with van der Waals surface area (Å²) < 4.78 is 28.4. The normalized spacial score (nSPS) is 25.6. The van der Waals surface area contributed by atoms with Crippen molar-refractivity contribution in [3.63, 3.8) is 0 Å². The predicted molar refractivity (Wildman–Crippen MR) is 71.6 cm³/mol. The van der Waals surface area contributed by atoms with Gasteiger partial charge in [-0.1, -0.05) is 18.5 Å². The van der Waals surface area contributed by atoms with Crippen LogP contribution in [0.2, 0.25) is 0 Å². The first-order valence-corrected chi connectivity index (χ1v) is 8.58. The highest BCUT2D eigenvalue weighted by atomic mass is 32.2. The molecule has 1 aromatic heterocycles. The molecule has 0 radical (unpaired) electrons. The molecule has 0 amide bonds. The topological polar surface area (TPSA) is 85.1 Å². The van der Waals surface area contributed by atoms with E-state index in [9.17, 15) is 8.42 Å². The van der Waals surface area contributed by atoms with Gasteiger partial charge >= 0.3 is 0 Å². The first-order valence-electron chi connectivity index (χ1n) is 6.63. The van der Waals surface area contributed by atoms with Crippen molar-refractivity contribution in [2.45, 2.75) is 43.8 Å². The van der Waals surface area contributed by atoms with E-state index in [1.165, 1.54) is 6.26 Å². The van der Waals surface area contributed by atoms with E-state index in [0.29, 0.717) is 5.89 Å². The van der Waals surface area contributed by atoms with Crippen molar-refractivity contribution in [3.05, 3.63) is 11.7 Å². The van der Waals surface area contributed by atoms with E-state index in [0.717, 1.165) is 32.4 Å². The summed E-state index contributed by atoms with van der Waals surface area (Å²) in [7, 11) is -3.20. The number of aromatic nitrogens is 2. The molecule has 6 nitrogen and oxygen atoms in total. The maximum atomic E-state index is 11.5. The molecule has 108 valence electrons. The molecule has 0 spiro atoms. The molecule has 0 bridgehead atoms. The van der Waals surface area contributed by atoms with Gasteiger partial charge in [-0.15, -0.1) is 0 Å². The van der Waals surface area contributed by atoms with Crippen LogP contribution in [0, 0.1) is 0 Å². The van der Waals surface area contributed by atoms with Gasteiger partial charge in [0, 0.05) is 12.8 Å². The standard InChI is InChI=1S/C12H21N3O3S/c1-4-5-12(6-7-13-8-12)11-14-10(15-18-11)9(2)19(3,16)17/h9,13H,4-8H2,1-3H3. The highest BCUT2D eigenvalue weighted by Gasteiger charge is 2.40. The molecule has 2 unspecified atom stereocenters. The summed E-state index contributed by atoms with van der Waals surface area (Å²) in [6.45, 7) is 5.45. The monoisotopic (exact) mass is 287 g/mol. The molecular weight excluding hydrogens is 266 g/mol. The molecule has 0 aromatic carbocycles. The Morgan fingerprint density at radius 2 is 2.26 bits per heavy atom. The number of hydrogen-bond donors (Lipinski definition) is 1. The van der Waals surface area contributed by atoms with E-state index >= 15 is 0 Å². The second kappa shape index (κ2) is 5.20. The molecule has 1 fully saturated rings. The quantitative estimate of drug-likeness (QED) is 0.876. The maximum Gasteiger partial charge on any atom is 0.234 e. The third-order valence-electron chi connectivity index (χ3n) is 3.87. The predicted octanol–water partition coefficient (Wildman–Crippen LogP) is 1.21. The van der Waals surface area contributed by atoms with E-state index in [2.05, 4.69) is 22.4 Å². The Labute approximate surface area is 113 Å². The molecule has 1 aliphatic rings. The zero-order valence-corrected chi connectivity index (χ0v) is 12.5. The van der Waals surface area contributed by atoms with E-state index in [-0.39, 0.29) is 11.2 Å². The fraction of sp³-hybridized carbons (Fsp3) is 0.833. The first kappa shape index (κ1) is 14.5. The lowest BCUT2D eigenvalue weighted by Crippen LogP contribution is -2.29. The number of rotatable bonds is 5. The molecule has 19 heavy (non-hydrogen) atoms. The summed E-state index contributed by atoms with van der Waals surface area (Å²) in [5.41, 5.74) is -0.128. The van der Waals surface area contributed by atoms with Crippen LogP contribution in [0.15, 0.2) is 4.52 Å². The van der Waals surface area contributed by atoms with Gasteiger partial charge in [0.2, 0.25) is 5.89 Å². The van der Waals surface area contributed by atoms with Crippen molar-refractivity contribution in [3.8, 4) is 0 Å². The van der Waals surface area contributed by atoms with E-state index in [4.69, 9.17) is 4.52 Å². The molecule has 2 rings (SSSR count). The van der Waals surface area contributed by atoms with Crippen molar-refractivity contribution in [1.29, 1.82) is 0 Å². The van der Waals surface area contributed by atoms with Crippen LogP contribution < -0.4 is 5.32 Å². The van der Waals surface area contributed by atoms with Gasteiger partial charge in [-0.25, -0.2) is 8.42 Å². The van der Waals surface area contributed by atoms with Crippen molar-refractivity contribution in [1.82, 2.24) is 15.5 Å². The van der Waals surface area contributed by atoms with Crippen molar-refractivity contribution in [2.75, 3.05) is 19.3 Å². The van der Waals surface area contributed by atoms with Crippen molar-refractivity contribution >= 4 is 9.84 Å². The number of sulfone groups is 1. The zero-order chi connectivity index (χ0) is 14.1. The minimum Gasteiger partial charge on any atom is -0.339 e. The Morgan fingerprint density at radius 1 is 1.53 bits per heavy atom. The molecule has 0 aliphatic carbocycles. The average molecular weight is 287 g/mol. The van der Waals surface area contributed by atoms with Crippen LogP contribution in [0.5, 0.6) is 0 Å². The lowest BCUT2D eigenvalue weighted by molar-refractivity contribution is 0.275. The van der Waals surface area contributed by atoms with Crippen LogP contribution >= 0.6 is 0 Å².